The SMILES string of the molecule is Cc1noc(C)c1S(=O)(=O)N1CC(Nc2ncccn2)C1. The molecule has 0 amide bonds. The van der Waals surface area contributed by atoms with Crippen molar-refractivity contribution in [3.63, 3.8) is 0 Å². The summed E-state index contributed by atoms with van der Waals surface area (Å²) in [4.78, 5) is 8.27. The Hall–Kier alpha value is -2.00. The summed E-state index contributed by atoms with van der Waals surface area (Å²) in [6.45, 7) is 3.95. The van der Waals surface area contributed by atoms with E-state index in [9.17, 15) is 8.42 Å². The number of hydrogen-bond donors (Lipinski definition) is 1. The first-order valence-corrected chi connectivity index (χ1v) is 7.89. The molecule has 8 nitrogen and oxygen atoms in total. The molecule has 0 saturated carbocycles. The van der Waals surface area contributed by atoms with Crippen LogP contribution in [-0.4, -0.2) is 47.0 Å². The molecule has 9 heteroatoms. The quantitative estimate of drug-likeness (QED) is 0.880. The van der Waals surface area contributed by atoms with Gasteiger partial charge in [-0.1, -0.05) is 5.16 Å². The Morgan fingerprint density at radius 2 is 1.95 bits per heavy atom. The van der Waals surface area contributed by atoms with E-state index < -0.39 is 10.0 Å². The van der Waals surface area contributed by atoms with Crippen molar-refractivity contribution in [2.24, 2.45) is 0 Å². The van der Waals surface area contributed by atoms with Crippen LogP contribution in [0.1, 0.15) is 11.5 Å². The lowest BCUT2D eigenvalue weighted by Gasteiger charge is -2.38. The van der Waals surface area contributed by atoms with E-state index in [-0.39, 0.29) is 10.9 Å². The molecule has 112 valence electrons. The highest BCUT2D eigenvalue weighted by molar-refractivity contribution is 7.89. The van der Waals surface area contributed by atoms with Crippen LogP contribution in [0, 0.1) is 13.8 Å². The average molecular weight is 309 g/mol. The number of aromatic nitrogens is 3. The summed E-state index contributed by atoms with van der Waals surface area (Å²) in [6, 6.07) is 1.72. The molecule has 0 aromatic carbocycles. The van der Waals surface area contributed by atoms with Gasteiger partial charge in [0.2, 0.25) is 16.0 Å². The van der Waals surface area contributed by atoms with Gasteiger partial charge in [-0.3, -0.25) is 0 Å². The Morgan fingerprint density at radius 1 is 1.29 bits per heavy atom. The predicted molar refractivity (Wildman–Crippen MR) is 74.2 cm³/mol. The van der Waals surface area contributed by atoms with Crippen LogP contribution in [0.2, 0.25) is 0 Å². The first kappa shape index (κ1) is 14.0. The Balaban J connectivity index is 1.69. The molecule has 0 bridgehead atoms. The van der Waals surface area contributed by atoms with E-state index in [1.165, 1.54) is 4.31 Å². The number of sulfonamides is 1. The Kier molecular flexibility index (Phi) is 3.38. The summed E-state index contributed by atoms with van der Waals surface area (Å²) in [5, 5.41) is 6.78. The summed E-state index contributed by atoms with van der Waals surface area (Å²) in [7, 11) is -3.55. The van der Waals surface area contributed by atoms with E-state index >= 15 is 0 Å². The molecule has 3 heterocycles. The van der Waals surface area contributed by atoms with E-state index in [4.69, 9.17) is 4.52 Å². The lowest BCUT2D eigenvalue weighted by atomic mass is 10.2. The van der Waals surface area contributed by atoms with Crippen LogP contribution in [0.3, 0.4) is 0 Å². The highest BCUT2D eigenvalue weighted by Gasteiger charge is 2.39. The van der Waals surface area contributed by atoms with Crippen LogP contribution in [0.5, 0.6) is 0 Å². The van der Waals surface area contributed by atoms with Crippen LogP contribution < -0.4 is 5.32 Å². The second kappa shape index (κ2) is 5.08. The van der Waals surface area contributed by atoms with Crippen LogP contribution in [0.25, 0.3) is 0 Å². The van der Waals surface area contributed by atoms with Crippen molar-refractivity contribution >= 4 is 16.0 Å². The van der Waals surface area contributed by atoms with Crippen LogP contribution in [0.4, 0.5) is 5.95 Å². The summed E-state index contributed by atoms with van der Waals surface area (Å²) >= 11 is 0. The Bertz CT molecular complexity index is 718. The van der Waals surface area contributed by atoms with Gasteiger partial charge in [0.05, 0.1) is 6.04 Å². The standard InChI is InChI=1S/C12H15N5O3S/c1-8-11(9(2)20-16-8)21(18,19)17-6-10(7-17)15-12-13-4-3-5-14-12/h3-5,10H,6-7H2,1-2H3,(H,13,14,15). The third-order valence-electron chi connectivity index (χ3n) is 3.31. The number of aryl methyl sites for hydroxylation is 2. The minimum atomic E-state index is -3.55. The highest BCUT2D eigenvalue weighted by atomic mass is 32.2. The highest BCUT2D eigenvalue weighted by Crippen LogP contribution is 2.27. The predicted octanol–water partition coefficient (Wildman–Crippen LogP) is 0.566. The molecular formula is C12H15N5O3S. The van der Waals surface area contributed by atoms with Gasteiger partial charge < -0.3 is 9.84 Å². The molecule has 1 fully saturated rings. The fourth-order valence-corrected chi connectivity index (χ4v) is 4.08. The van der Waals surface area contributed by atoms with Gasteiger partial charge in [0, 0.05) is 25.5 Å². The van der Waals surface area contributed by atoms with Crippen molar-refractivity contribution in [1.82, 2.24) is 19.4 Å². The molecule has 2 aromatic rings. The number of rotatable bonds is 4. The van der Waals surface area contributed by atoms with Gasteiger partial charge in [0.1, 0.15) is 10.6 Å². The fourth-order valence-electron chi connectivity index (χ4n) is 2.25. The maximum Gasteiger partial charge on any atom is 0.248 e. The van der Waals surface area contributed by atoms with Gasteiger partial charge in [0.15, 0.2) is 5.76 Å². The van der Waals surface area contributed by atoms with Crippen LogP contribution in [-0.2, 0) is 10.0 Å². The average Bonchev–Trinajstić information content (AvgIpc) is 2.74. The molecule has 1 aliphatic heterocycles. The first-order chi connectivity index (χ1) is 9.98. The van der Waals surface area contributed by atoms with E-state index in [2.05, 4.69) is 20.4 Å². The molecule has 0 atom stereocenters. The number of nitrogens with zero attached hydrogens (tertiary/aromatic N) is 4. The van der Waals surface area contributed by atoms with Crippen molar-refractivity contribution in [2.75, 3.05) is 18.4 Å². The molecule has 0 spiro atoms. The van der Waals surface area contributed by atoms with Gasteiger partial charge in [-0.05, 0) is 19.9 Å². The molecule has 2 aromatic heterocycles. The van der Waals surface area contributed by atoms with E-state index in [0.717, 1.165) is 0 Å². The molecule has 3 rings (SSSR count). The van der Waals surface area contributed by atoms with Crippen molar-refractivity contribution in [3.8, 4) is 0 Å². The smallest absolute Gasteiger partial charge is 0.248 e. The molecule has 0 radical (unpaired) electrons. The molecule has 1 N–H and O–H groups in total. The molecule has 1 aliphatic rings. The van der Waals surface area contributed by atoms with Crippen molar-refractivity contribution in [1.29, 1.82) is 0 Å². The largest absolute Gasteiger partial charge is 0.360 e. The zero-order valence-corrected chi connectivity index (χ0v) is 12.5. The van der Waals surface area contributed by atoms with E-state index in [1.54, 1.807) is 32.3 Å². The fraction of sp³-hybridized carbons (Fsp3) is 0.417. The van der Waals surface area contributed by atoms with Gasteiger partial charge >= 0.3 is 0 Å². The summed E-state index contributed by atoms with van der Waals surface area (Å²) in [5.74, 6) is 0.812. The lowest BCUT2D eigenvalue weighted by Crippen LogP contribution is -2.57. The second-order valence-electron chi connectivity index (χ2n) is 4.89. The monoisotopic (exact) mass is 309 g/mol. The maximum atomic E-state index is 12.5. The molecule has 0 unspecified atom stereocenters. The van der Waals surface area contributed by atoms with Crippen LogP contribution >= 0.6 is 0 Å². The third kappa shape index (κ3) is 2.49. The summed E-state index contributed by atoms with van der Waals surface area (Å²) in [6.07, 6.45) is 3.26. The number of nitrogens with one attached hydrogen (secondary N) is 1. The normalized spacial score (nSPS) is 16.7. The summed E-state index contributed by atoms with van der Waals surface area (Å²) < 4.78 is 31.3. The Morgan fingerprint density at radius 3 is 2.52 bits per heavy atom. The number of hydrogen-bond acceptors (Lipinski definition) is 7. The lowest BCUT2D eigenvalue weighted by molar-refractivity contribution is 0.279. The Labute approximate surface area is 122 Å². The molecule has 1 saturated heterocycles. The third-order valence-corrected chi connectivity index (χ3v) is 5.39. The van der Waals surface area contributed by atoms with Crippen LogP contribution in [0.15, 0.2) is 27.9 Å². The second-order valence-corrected chi connectivity index (χ2v) is 6.76. The summed E-state index contributed by atoms with van der Waals surface area (Å²) in [5.41, 5.74) is 0.385. The van der Waals surface area contributed by atoms with E-state index in [0.29, 0.717) is 30.5 Å². The van der Waals surface area contributed by atoms with E-state index in [1.807, 2.05) is 0 Å². The maximum absolute atomic E-state index is 12.5. The first-order valence-electron chi connectivity index (χ1n) is 6.45. The van der Waals surface area contributed by atoms with Gasteiger partial charge in [0.25, 0.3) is 0 Å². The minimum absolute atomic E-state index is 0.00245. The van der Waals surface area contributed by atoms with Crippen molar-refractivity contribution in [3.05, 3.63) is 29.9 Å². The topological polar surface area (TPSA) is 101 Å². The van der Waals surface area contributed by atoms with Gasteiger partial charge in [-0.2, -0.15) is 4.31 Å². The van der Waals surface area contributed by atoms with Gasteiger partial charge in [-0.25, -0.2) is 18.4 Å². The van der Waals surface area contributed by atoms with Crippen molar-refractivity contribution in [2.45, 2.75) is 24.8 Å². The zero-order valence-electron chi connectivity index (χ0n) is 11.6. The van der Waals surface area contributed by atoms with Crippen molar-refractivity contribution < 1.29 is 12.9 Å². The molecule has 0 aliphatic carbocycles. The molecular weight excluding hydrogens is 294 g/mol. The number of anilines is 1. The minimum Gasteiger partial charge on any atom is -0.360 e. The van der Waals surface area contributed by atoms with Gasteiger partial charge in [-0.15, -0.1) is 0 Å². The molecule has 21 heavy (non-hydrogen) atoms. The zero-order chi connectivity index (χ0) is 15.0.